The minimum absolute atomic E-state index is 0.0939. The number of ether oxygens (including phenoxy) is 2. The fraction of sp³-hybridized carbons (Fsp3) is 0.741. The van der Waals surface area contributed by atoms with E-state index in [9.17, 15) is 19.5 Å². The molecule has 3 aliphatic rings. The molecule has 0 radical (unpaired) electrons. The van der Waals surface area contributed by atoms with Gasteiger partial charge in [0.2, 0.25) is 11.8 Å². The molecule has 0 saturated carbocycles. The van der Waals surface area contributed by atoms with Gasteiger partial charge < -0.3 is 24.4 Å². The molecule has 3 fully saturated rings. The first-order valence-electron chi connectivity index (χ1n) is 13.1. The van der Waals surface area contributed by atoms with Crippen molar-refractivity contribution in [1.29, 1.82) is 0 Å². The molecule has 0 aliphatic carbocycles. The van der Waals surface area contributed by atoms with E-state index in [-0.39, 0.29) is 31.6 Å². The van der Waals surface area contributed by atoms with E-state index < -0.39 is 35.0 Å². The van der Waals surface area contributed by atoms with Crippen LogP contribution in [0.25, 0.3) is 0 Å². The van der Waals surface area contributed by atoms with Gasteiger partial charge in [-0.3, -0.25) is 14.4 Å². The van der Waals surface area contributed by atoms with Crippen LogP contribution in [0.15, 0.2) is 25.3 Å². The van der Waals surface area contributed by atoms with Crippen LogP contribution in [0, 0.1) is 11.8 Å². The molecule has 8 nitrogen and oxygen atoms in total. The normalized spacial score (nSPS) is 30.9. The fourth-order valence-electron chi connectivity index (χ4n) is 6.17. The lowest BCUT2D eigenvalue weighted by Crippen LogP contribution is -2.56. The number of amides is 2. The van der Waals surface area contributed by atoms with Crippen molar-refractivity contribution < 1.29 is 29.0 Å². The van der Waals surface area contributed by atoms with Gasteiger partial charge in [0.1, 0.15) is 17.6 Å². The van der Waals surface area contributed by atoms with Crippen LogP contribution in [-0.2, 0) is 23.9 Å². The van der Waals surface area contributed by atoms with Crippen LogP contribution in [0.4, 0.5) is 0 Å². The first-order valence-corrected chi connectivity index (χ1v) is 13.1. The van der Waals surface area contributed by atoms with Crippen LogP contribution in [-0.4, -0.2) is 82.8 Å². The summed E-state index contributed by atoms with van der Waals surface area (Å²) in [4.78, 5) is 44.4. The SMILES string of the molecule is C=CCCCCOC(=O)[C@H]1[C@H]2C(=O)N(CCCO)C(C(=O)N(CC=C)CCCC)C23CC[C@]1(C)O3. The summed E-state index contributed by atoms with van der Waals surface area (Å²) in [5.74, 6) is -2.35. The average molecular weight is 491 g/mol. The molecule has 196 valence electrons. The van der Waals surface area contributed by atoms with Gasteiger partial charge in [0.25, 0.3) is 0 Å². The highest BCUT2D eigenvalue weighted by Gasteiger charge is 2.78. The van der Waals surface area contributed by atoms with Crippen molar-refractivity contribution in [2.45, 2.75) is 82.5 Å². The number of carbonyl (C=O) groups excluding carboxylic acids is 3. The van der Waals surface area contributed by atoms with Gasteiger partial charge in [0, 0.05) is 26.2 Å². The van der Waals surface area contributed by atoms with Crippen molar-refractivity contribution >= 4 is 17.8 Å². The Hall–Kier alpha value is -2.19. The summed E-state index contributed by atoms with van der Waals surface area (Å²) in [5, 5.41) is 9.46. The van der Waals surface area contributed by atoms with E-state index in [1.165, 1.54) is 0 Å². The Morgan fingerprint density at radius 1 is 1.23 bits per heavy atom. The highest BCUT2D eigenvalue weighted by Crippen LogP contribution is 2.63. The highest BCUT2D eigenvalue weighted by molar-refractivity contribution is 5.98. The number of allylic oxidation sites excluding steroid dienone is 1. The van der Waals surface area contributed by atoms with E-state index >= 15 is 0 Å². The number of carbonyl (C=O) groups is 3. The predicted molar refractivity (Wildman–Crippen MR) is 132 cm³/mol. The molecular formula is C27H42N2O6. The summed E-state index contributed by atoms with van der Waals surface area (Å²) >= 11 is 0. The highest BCUT2D eigenvalue weighted by atomic mass is 16.6. The minimum Gasteiger partial charge on any atom is -0.465 e. The number of unbranched alkanes of at least 4 members (excludes halogenated alkanes) is 3. The van der Waals surface area contributed by atoms with Crippen LogP contribution >= 0.6 is 0 Å². The summed E-state index contributed by atoms with van der Waals surface area (Å²) in [5.41, 5.74) is -1.90. The second-order valence-corrected chi connectivity index (χ2v) is 10.2. The van der Waals surface area contributed by atoms with Gasteiger partial charge in [-0.1, -0.05) is 25.5 Å². The number of hydrogen-bond donors (Lipinski definition) is 1. The maximum absolute atomic E-state index is 14.0. The topological polar surface area (TPSA) is 96.4 Å². The Morgan fingerprint density at radius 3 is 2.66 bits per heavy atom. The Balaban J connectivity index is 1.91. The molecule has 2 unspecified atom stereocenters. The molecule has 0 aromatic rings. The van der Waals surface area contributed by atoms with E-state index in [1.54, 1.807) is 15.9 Å². The number of esters is 1. The van der Waals surface area contributed by atoms with Crippen molar-refractivity contribution in [2.24, 2.45) is 11.8 Å². The Labute approximate surface area is 209 Å². The van der Waals surface area contributed by atoms with Crippen molar-refractivity contribution in [2.75, 3.05) is 32.8 Å². The first kappa shape index (κ1) is 27.4. The lowest BCUT2D eigenvalue weighted by Gasteiger charge is -2.36. The predicted octanol–water partition coefficient (Wildman–Crippen LogP) is 2.85. The molecule has 1 spiro atoms. The lowest BCUT2D eigenvalue weighted by molar-refractivity contribution is -0.160. The Bertz CT molecular complexity index is 815. The van der Waals surface area contributed by atoms with Gasteiger partial charge in [0.05, 0.1) is 18.1 Å². The molecule has 35 heavy (non-hydrogen) atoms. The largest absolute Gasteiger partial charge is 0.465 e. The van der Waals surface area contributed by atoms with Crippen LogP contribution in [0.5, 0.6) is 0 Å². The van der Waals surface area contributed by atoms with E-state index in [1.807, 2.05) is 13.0 Å². The van der Waals surface area contributed by atoms with Crippen molar-refractivity contribution in [3.63, 3.8) is 0 Å². The summed E-state index contributed by atoms with van der Waals surface area (Å²) in [7, 11) is 0. The zero-order valence-corrected chi connectivity index (χ0v) is 21.4. The maximum atomic E-state index is 14.0. The summed E-state index contributed by atoms with van der Waals surface area (Å²) in [6.45, 7) is 12.8. The van der Waals surface area contributed by atoms with E-state index in [4.69, 9.17) is 9.47 Å². The first-order chi connectivity index (χ1) is 16.8. The van der Waals surface area contributed by atoms with Gasteiger partial charge in [-0.15, -0.1) is 13.2 Å². The third kappa shape index (κ3) is 5.05. The van der Waals surface area contributed by atoms with Gasteiger partial charge in [0.15, 0.2) is 0 Å². The van der Waals surface area contributed by atoms with E-state index in [0.717, 1.165) is 32.1 Å². The minimum atomic E-state index is -1.06. The molecule has 2 amide bonds. The summed E-state index contributed by atoms with van der Waals surface area (Å²) in [6, 6.07) is -0.824. The molecule has 3 saturated heterocycles. The quantitative estimate of drug-likeness (QED) is 0.215. The van der Waals surface area contributed by atoms with Crippen molar-refractivity contribution in [3.05, 3.63) is 25.3 Å². The number of likely N-dealkylation sites (tertiary alicyclic amines) is 1. The molecule has 1 N–H and O–H groups in total. The molecule has 3 rings (SSSR count). The number of aliphatic hydroxyl groups is 1. The van der Waals surface area contributed by atoms with E-state index in [2.05, 4.69) is 20.1 Å². The monoisotopic (exact) mass is 490 g/mol. The second kappa shape index (κ2) is 11.7. The smallest absolute Gasteiger partial charge is 0.312 e. The number of aliphatic hydroxyl groups excluding tert-OH is 1. The van der Waals surface area contributed by atoms with Crippen molar-refractivity contribution in [3.8, 4) is 0 Å². The molecule has 5 atom stereocenters. The van der Waals surface area contributed by atoms with Gasteiger partial charge in [-0.2, -0.15) is 0 Å². The standard InChI is InChI=1S/C27H42N2O6/c1-5-8-10-11-19-34-25(33)21-20-23(31)29(17-12-18-30)22(27(20)14-13-26(21,4)35-27)24(32)28(15-7-3)16-9-6-2/h5,7,20-22,30H,1,3,6,8-19H2,2,4H3/t20-,21+,22?,26-,27?/m0/s1. The number of hydrogen-bond acceptors (Lipinski definition) is 6. The zero-order valence-electron chi connectivity index (χ0n) is 21.4. The van der Waals surface area contributed by atoms with Crippen molar-refractivity contribution in [1.82, 2.24) is 9.80 Å². The number of fused-ring (bicyclic) bond motifs is 1. The number of nitrogens with zero attached hydrogens (tertiary/aromatic N) is 2. The van der Waals surface area contributed by atoms with Gasteiger partial charge in [-0.25, -0.2) is 0 Å². The lowest BCUT2D eigenvalue weighted by atomic mass is 9.66. The van der Waals surface area contributed by atoms with Gasteiger partial charge >= 0.3 is 5.97 Å². The van der Waals surface area contributed by atoms with Crippen LogP contribution < -0.4 is 0 Å². The maximum Gasteiger partial charge on any atom is 0.312 e. The summed E-state index contributed by atoms with van der Waals surface area (Å²) in [6.07, 6.45) is 9.23. The second-order valence-electron chi connectivity index (χ2n) is 10.2. The zero-order chi connectivity index (χ0) is 25.6. The summed E-state index contributed by atoms with van der Waals surface area (Å²) < 4.78 is 12.2. The molecule has 3 heterocycles. The van der Waals surface area contributed by atoms with E-state index in [0.29, 0.717) is 32.4 Å². The van der Waals surface area contributed by atoms with Crippen LogP contribution in [0.3, 0.4) is 0 Å². The van der Waals surface area contributed by atoms with Crippen LogP contribution in [0.2, 0.25) is 0 Å². The molecule has 0 aromatic heterocycles. The molecule has 0 aromatic carbocycles. The fourth-order valence-corrected chi connectivity index (χ4v) is 6.17. The average Bonchev–Trinajstić information content (AvgIpc) is 3.40. The number of rotatable bonds is 15. The third-order valence-corrected chi connectivity index (χ3v) is 7.81. The molecule has 3 aliphatic heterocycles. The molecular weight excluding hydrogens is 448 g/mol. The van der Waals surface area contributed by atoms with Gasteiger partial charge in [-0.05, 0) is 51.9 Å². The molecule has 2 bridgehead atoms. The van der Waals surface area contributed by atoms with Crippen LogP contribution in [0.1, 0.15) is 65.2 Å². The Kier molecular flexibility index (Phi) is 9.16. The third-order valence-electron chi connectivity index (χ3n) is 7.81. The Morgan fingerprint density at radius 2 is 2.00 bits per heavy atom. The molecule has 8 heteroatoms.